The van der Waals surface area contributed by atoms with Gasteiger partial charge in [-0.25, -0.2) is 13.8 Å². The molecule has 4 N–H and O–H groups in total. The van der Waals surface area contributed by atoms with Gasteiger partial charge < -0.3 is 25.6 Å². The molecule has 3 aromatic rings. The second kappa shape index (κ2) is 10.0. The van der Waals surface area contributed by atoms with Crippen LogP contribution in [-0.2, 0) is 12.0 Å². The van der Waals surface area contributed by atoms with E-state index >= 15 is 8.78 Å². The van der Waals surface area contributed by atoms with Gasteiger partial charge in [-0.3, -0.25) is 4.79 Å². The van der Waals surface area contributed by atoms with Crippen LogP contribution in [0.25, 0.3) is 11.1 Å². The third-order valence-electron chi connectivity index (χ3n) is 8.04. The molecule has 3 aliphatic rings. The number of aliphatic hydroxyl groups is 1. The number of primary amides is 1. The van der Waals surface area contributed by atoms with Crippen LogP contribution in [0, 0.1) is 11.6 Å². The molecule has 2 aromatic carbocycles. The van der Waals surface area contributed by atoms with Gasteiger partial charge in [-0.15, -0.1) is 0 Å². The Labute approximate surface area is 229 Å². The summed E-state index contributed by atoms with van der Waals surface area (Å²) in [5.74, 6) is -2.88. The van der Waals surface area contributed by atoms with Gasteiger partial charge in [-0.1, -0.05) is 41.9 Å². The van der Waals surface area contributed by atoms with Crippen LogP contribution in [0.15, 0.2) is 42.6 Å². The molecular formula is C29H28ClF2N3O4. The van der Waals surface area contributed by atoms with E-state index in [1.165, 1.54) is 6.07 Å². The number of aromatic nitrogens is 1. The molecule has 2 fully saturated rings. The Morgan fingerprint density at radius 3 is 2.67 bits per heavy atom. The molecule has 0 bridgehead atoms. The van der Waals surface area contributed by atoms with Crippen molar-refractivity contribution >= 4 is 17.5 Å². The molecule has 3 heterocycles. The number of hydrogen-bond donors (Lipinski definition) is 3. The van der Waals surface area contributed by atoms with E-state index in [1.807, 2.05) is 30.3 Å². The average molecular weight is 556 g/mol. The fraction of sp³-hybridized carbons (Fsp3) is 0.379. The van der Waals surface area contributed by atoms with Crippen LogP contribution >= 0.6 is 11.6 Å². The second-order valence-electron chi connectivity index (χ2n) is 10.4. The normalized spacial score (nSPS) is 25.9. The highest BCUT2D eigenvalue weighted by molar-refractivity contribution is 6.34. The summed E-state index contributed by atoms with van der Waals surface area (Å²) in [5.41, 5.74) is 5.55. The van der Waals surface area contributed by atoms with Crippen LogP contribution in [0.1, 0.15) is 53.6 Å². The highest BCUT2D eigenvalue weighted by Crippen LogP contribution is 2.52. The fourth-order valence-electron chi connectivity index (χ4n) is 6.19. The zero-order chi connectivity index (χ0) is 27.3. The molecule has 39 heavy (non-hydrogen) atoms. The van der Waals surface area contributed by atoms with Crippen LogP contribution in [0.2, 0.25) is 5.02 Å². The van der Waals surface area contributed by atoms with Crippen molar-refractivity contribution in [1.29, 1.82) is 0 Å². The van der Waals surface area contributed by atoms with Gasteiger partial charge in [-0.2, -0.15) is 0 Å². The molecule has 7 nitrogen and oxygen atoms in total. The number of nitrogens with zero attached hydrogens (tertiary/aromatic N) is 1. The maximum absolute atomic E-state index is 16.2. The molecule has 6 rings (SSSR count). The van der Waals surface area contributed by atoms with Crippen molar-refractivity contribution in [2.24, 2.45) is 5.73 Å². The van der Waals surface area contributed by atoms with E-state index in [1.54, 1.807) is 0 Å². The summed E-state index contributed by atoms with van der Waals surface area (Å²) < 4.78 is 43.9. The minimum absolute atomic E-state index is 0.00697. The average Bonchev–Trinajstić information content (AvgIpc) is 3.68. The minimum Gasteiger partial charge on any atom is -0.480 e. The molecule has 204 valence electrons. The number of carbonyl (C=O) groups is 1. The topological polar surface area (TPSA) is 107 Å². The van der Waals surface area contributed by atoms with E-state index in [-0.39, 0.29) is 45.8 Å². The number of pyridine rings is 1. The van der Waals surface area contributed by atoms with Gasteiger partial charge in [0, 0.05) is 41.8 Å². The van der Waals surface area contributed by atoms with Crippen molar-refractivity contribution in [3.8, 4) is 22.8 Å². The molecule has 1 amide bonds. The molecule has 4 atom stereocenters. The predicted octanol–water partition coefficient (Wildman–Crippen LogP) is 4.65. The van der Waals surface area contributed by atoms with Crippen LogP contribution in [0.5, 0.6) is 11.6 Å². The summed E-state index contributed by atoms with van der Waals surface area (Å²) in [7, 11) is 0. The number of nitrogens with two attached hydrogens (primary N) is 1. The third kappa shape index (κ3) is 4.42. The summed E-state index contributed by atoms with van der Waals surface area (Å²) in [4.78, 5) is 16.5. The number of carbonyl (C=O) groups excluding carboxylic acids is 1. The molecule has 10 heteroatoms. The third-order valence-corrected chi connectivity index (χ3v) is 8.41. The number of rotatable bonds is 6. The molecule has 0 spiro atoms. The van der Waals surface area contributed by atoms with Crippen molar-refractivity contribution in [2.75, 3.05) is 6.54 Å². The summed E-state index contributed by atoms with van der Waals surface area (Å²) in [5, 5.41) is 13.0. The number of benzene rings is 2. The van der Waals surface area contributed by atoms with Crippen molar-refractivity contribution in [2.45, 2.75) is 62.4 Å². The Morgan fingerprint density at radius 2 is 2.00 bits per heavy atom. The summed E-state index contributed by atoms with van der Waals surface area (Å²) in [6, 6.07) is 10.7. The van der Waals surface area contributed by atoms with E-state index in [0.29, 0.717) is 24.8 Å². The number of amides is 1. The van der Waals surface area contributed by atoms with Crippen molar-refractivity contribution in [3.63, 3.8) is 0 Å². The van der Waals surface area contributed by atoms with E-state index in [9.17, 15) is 9.90 Å². The lowest BCUT2D eigenvalue weighted by atomic mass is 9.80. The molecule has 0 radical (unpaired) electrons. The minimum atomic E-state index is -0.974. The first-order chi connectivity index (χ1) is 18.8. The molecule has 0 unspecified atom stereocenters. The molecule has 1 saturated carbocycles. The molecule has 1 saturated heterocycles. The molecule has 1 aliphatic carbocycles. The van der Waals surface area contributed by atoms with Crippen molar-refractivity contribution < 1.29 is 28.2 Å². The van der Waals surface area contributed by atoms with Gasteiger partial charge in [0.1, 0.15) is 17.7 Å². The van der Waals surface area contributed by atoms with Gasteiger partial charge in [-0.05, 0) is 37.8 Å². The highest BCUT2D eigenvalue weighted by Gasteiger charge is 2.50. The second-order valence-corrected chi connectivity index (χ2v) is 10.8. The number of nitrogens with one attached hydrogen (secondary N) is 1. The smallest absolute Gasteiger partial charge is 0.251 e. The maximum Gasteiger partial charge on any atom is 0.251 e. The summed E-state index contributed by atoms with van der Waals surface area (Å²) in [6.07, 6.45) is 3.52. The van der Waals surface area contributed by atoms with Crippen LogP contribution in [0.4, 0.5) is 8.78 Å². The van der Waals surface area contributed by atoms with E-state index in [0.717, 1.165) is 31.1 Å². The van der Waals surface area contributed by atoms with Crippen LogP contribution < -0.4 is 20.5 Å². The van der Waals surface area contributed by atoms with E-state index < -0.39 is 35.4 Å². The van der Waals surface area contributed by atoms with E-state index in [2.05, 4.69) is 10.3 Å². The quantitative estimate of drug-likeness (QED) is 0.409. The van der Waals surface area contributed by atoms with Gasteiger partial charge >= 0.3 is 0 Å². The van der Waals surface area contributed by atoms with Crippen LogP contribution in [-0.4, -0.2) is 40.8 Å². The number of halogens is 3. The molecule has 1 aromatic heterocycles. The number of fused-ring (bicyclic) bond motifs is 1. The summed E-state index contributed by atoms with van der Waals surface area (Å²) in [6.45, 7) is 0.808. The predicted molar refractivity (Wildman–Crippen MR) is 141 cm³/mol. The highest BCUT2D eigenvalue weighted by atomic mass is 35.5. The first-order valence-electron chi connectivity index (χ1n) is 13.1. The van der Waals surface area contributed by atoms with Crippen molar-refractivity contribution in [1.82, 2.24) is 10.3 Å². The zero-order valence-electron chi connectivity index (χ0n) is 21.1. The maximum atomic E-state index is 16.2. The number of aliphatic hydroxyl groups excluding tert-OH is 1. The largest absolute Gasteiger partial charge is 0.480 e. The van der Waals surface area contributed by atoms with Gasteiger partial charge in [0.15, 0.2) is 11.4 Å². The van der Waals surface area contributed by atoms with Gasteiger partial charge in [0.2, 0.25) is 0 Å². The number of ether oxygens (including phenoxy) is 2. The summed E-state index contributed by atoms with van der Waals surface area (Å²) >= 11 is 6.54. The fourth-order valence-corrected chi connectivity index (χ4v) is 6.45. The van der Waals surface area contributed by atoms with E-state index in [4.69, 9.17) is 26.8 Å². The van der Waals surface area contributed by atoms with Gasteiger partial charge in [0.25, 0.3) is 11.8 Å². The Balaban J connectivity index is 1.52. The Morgan fingerprint density at radius 1 is 1.21 bits per heavy atom. The standard InChI is InChI=1S/C29H28ClF2N3O4/c30-25-20(31)12-21-18(13-29(39-21,22-7-4-10-34-22)15-5-2-1-3-6-15)23(25)24-19(27(33)37)14-35-28(26(24)32)38-17-9-8-16(36)11-17/h1-3,5-6,12,14,16-17,22,34,36H,4,7-11,13H2,(H2,33,37)/t16-,17+,22+,29+/m1/s1. The lowest BCUT2D eigenvalue weighted by molar-refractivity contribution is 0.0539. The Kier molecular flexibility index (Phi) is 6.69. The SMILES string of the molecule is NC(=O)c1cnc(O[C@H]2CC[C@@H](O)C2)c(F)c1-c1c(Cl)c(F)cc2c1C[C@](c1ccccc1)([C@@H]1CCCN1)O2. The lowest BCUT2D eigenvalue weighted by Crippen LogP contribution is -2.48. The first-order valence-corrected chi connectivity index (χ1v) is 13.5. The van der Waals surface area contributed by atoms with Crippen LogP contribution in [0.3, 0.4) is 0 Å². The molecular weight excluding hydrogens is 528 g/mol. The number of hydrogen-bond acceptors (Lipinski definition) is 6. The Hall–Kier alpha value is -3.27. The zero-order valence-corrected chi connectivity index (χ0v) is 21.8. The van der Waals surface area contributed by atoms with Crippen molar-refractivity contribution in [3.05, 3.63) is 75.9 Å². The Bertz CT molecular complexity index is 1430. The monoisotopic (exact) mass is 555 g/mol. The van der Waals surface area contributed by atoms with Gasteiger partial charge in [0.05, 0.1) is 22.7 Å². The first kappa shape index (κ1) is 26.0. The molecule has 2 aliphatic heterocycles. The lowest BCUT2D eigenvalue weighted by Gasteiger charge is -2.35.